The first-order valence-corrected chi connectivity index (χ1v) is 10.1. The van der Waals surface area contributed by atoms with Crippen LogP contribution in [0.5, 0.6) is 0 Å². The Morgan fingerprint density at radius 1 is 1.25 bits per heavy atom. The van der Waals surface area contributed by atoms with Crippen molar-refractivity contribution in [2.45, 2.75) is 31.0 Å². The number of amides is 1. The summed E-state index contributed by atoms with van der Waals surface area (Å²) in [5.41, 5.74) is 1.41. The Hall–Kier alpha value is -1.41. The van der Waals surface area contributed by atoms with Gasteiger partial charge in [0.05, 0.1) is 0 Å². The van der Waals surface area contributed by atoms with E-state index in [1.54, 1.807) is 43.5 Å². The van der Waals surface area contributed by atoms with Crippen LogP contribution in [-0.4, -0.2) is 20.4 Å². The third kappa shape index (κ3) is 4.57. The molecule has 1 aromatic heterocycles. The summed E-state index contributed by atoms with van der Waals surface area (Å²) in [6, 6.07) is 7.42. The first-order chi connectivity index (χ1) is 11.2. The second kappa shape index (κ2) is 7.65. The SMILES string of the molecule is Cc1ccc(Cl)cc1NC(=O)[C@@H](NS(=O)(=O)c1cccs1)C(C)C. The number of hydrogen-bond donors (Lipinski definition) is 2. The number of hydrogen-bond acceptors (Lipinski definition) is 4. The van der Waals surface area contributed by atoms with E-state index in [-0.39, 0.29) is 10.1 Å². The number of halogens is 1. The summed E-state index contributed by atoms with van der Waals surface area (Å²) < 4.78 is 27.4. The van der Waals surface area contributed by atoms with Gasteiger partial charge >= 0.3 is 0 Å². The van der Waals surface area contributed by atoms with E-state index in [1.807, 2.05) is 6.92 Å². The molecule has 0 saturated carbocycles. The highest BCUT2D eigenvalue weighted by molar-refractivity contribution is 7.91. The molecule has 2 aromatic rings. The van der Waals surface area contributed by atoms with Crippen molar-refractivity contribution in [2.24, 2.45) is 5.92 Å². The van der Waals surface area contributed by atoms with E-state index in [1.165, 1.54) is 6.07 Å². The molecule has 1 aromatic carbocycles. The fraction of sp³-hybridized carbons (Fsp3) is 0.312. The molecule has 1 amide bonds. The molecule has 0 spiro atoms. The van der Waals surface area contributed by atoms with Gasteiger partial charge in [-0.3, -0.25) is 4.79 Å². The number of thiophene rings is 1. The van der Waals surface area contributed by atoms with Crippen molar-refractivity contribution in [3.63, 3.8) is 0 Å². The van der Waals surface area contributed by atoms with Crippen LogP contribution in [0.15, 0.2) is 39.9 Å². The predicted octanol–water partition coefficient (Wildman–Crippen LogP) is 3.65. The minimum Gasteiger partial charge on any atom is -0.324 e. The third-order valence-electron chi connectivity index (χ3n) is 3.45. The van der Waals surface area contributed by atoms with Crippen molar-refractivity contribution < 1.29 is 13.2 Å². The standard InChI is InChI=1S/C16H19ClN2O3S2/c1-10(2)15(19-24(21,22)14-5-4-8-23-14)16(20)18-13-9-12(17)7-6-11(13)3/h4-10,15,19H,1-3H3,(H,18,20)/t15-/m0/s1. The molecule has 0 unspecified atom stereocenters. The minimum atomic E-state index is -3.74. The van der Waals surface area contributed by atoms with Gasteiger partial charge in [0.2, 0.25) is 5.91 Å². The van der Waals surface area contributed by atoms with Crippen LogP contribution in [0.3, 0.4) is 0 Å². The summed E-state index contributed by atoms with van der Waals surface area (Å²) >= 11 is 7.06. The van der Waals surface area contributed by atoms with Gasteiger partial charge in [-0.15, -0.1) is 11.3 Å². The molecule has 0 aliphatic carbocycles. The average molecular weight is 387 g/mol. The van der Waals surface area contributed by atoms with Crippen molar-refractivity contribution in [2.75, 3.05) is 5.32 Å². The fourth-order valence-corrected chi connectivity index (χ4v) is 4.60. The van der Waals surface area contributed by atoms with Crippen LogP contribution in [0.1, 0.15) is 19.4 Å². The van der Waals surface area contributed by atoms with Gasteiger partial charge in [-0.1, -0.05) is 37.6 Å². The Kier molecular flexibility index (Phi) is 6.03. The maximum atomic E-state index is 12.6. The zero-order chi connectivity index (χ0) is 17.9. The van der Waals surface area contributed by atoms with Gasteiger partial charge in [-0.2, -0.15) is 4.72 Å². The minimum absolute atomic E-state index is 0.180. The molecule has 1 atom stereocenters. The zero-order valence-corrected chi connectivity index (χ0v) is 15.9. The van der Waals surface area contributed by atoms with Crippen molar-refractivity contribution in [1.82, 2.24) is 4.72 Å². The van der Waals surface area contributed by atoms with Crippen LogP contribution in [0, 0.1) is 12.8 Å². The Morgan fingerprint density at radius 3 is 2.54 bits per heavy atom. The van der Waals surface area contributed by atoms with Gasteiger partial charge in [-0.05, 0) is 42.0 Å². The van der Waals surface area contributed by atoms with Crippen molar-refractivity contribution in [1.29, 1.82) is 0 Å². The molecule has 5 nitrogen and oxygen atoms in total. The second-order valence-corrected chi connectivity index (χ2v) is 9.05. The molecular formula is C16H19ClN2O3S2. The highest BCUT2D eigenvalue weighted by atomic mass is 35.5. The summed E-state index contributed by atoms with van der Waals surface area (Å²) in [7, 11) is -3.74. The van der Waals surface area contributed by atoms with Crippen LogP contribution in [0.2, 0.25) is 5.02 Å². The van der Waals surface area contributed by atoms with Gasteiger partial charge in [0.15, 0.2) is 0 Å². The Morgan fingerprint density at radius 2 is 1.96 bits per heavy atom. The Bertz CT molecular complexity index is 818. The second-order valence-electron chi connectivity index (χ2n) is 5.72. The van der Waals surface area contributed by atoms with E-state index in [9.17, 15) is 13.2 Å². The maximum Gasteiger partial charge on any atom is 0.250 e. The Labute approximate surface area is 151 Å². The lowest BCUT2D eigenvalue weighted by atomic mass is 10.0. The van der Waals surface area contributed by atoms with Crippen LogP contribution in [-0.2, 0) is 14.8 Å². The lowest BCUT2D eigenvalue weighted by Gasteiger charge is -2.22. The van der Waals surface area contributed by atoms with E-state index >= 15 is 0 Å². The number of anilines is 1. The van der Waals surface area contributed by atoms with Crippen LogP contribution >= 0.6 is 22.9 Å². The summed E-state index contributed by atoms with van der Waals surface area (Å²) in [6.45, 7) is 5.41. The number of carbonyl (C=O) groups excluding carboxylic acids is 1. The van der Waals surface area contributed by atoms with Crippen molar-refractivity contribution in [3.05, 3.63) is 46.3 Å². The maximum absolute atomic E-state index is 12.6. The number of nitrogens with one attached hydrogen (secondary N) is 2. The van der Waals surface area contributed by atoms with Gasteiger partial charge in [0.25, 0.3) is 10.0 Å². The van der Waals surface area contributed by atoms with Gasteiger partial charge in [0, 0.05) is 10.7 Å². The van der Waals surface area contributed by atoms with E-state index in [0.29, 0.717) is 10.7 Å². The topological polar surface area (TPSA) is 75.3 Å². The smallest absolute Gasteiger partial charge is 0.250 e. The van der Waals surface area contributed by atoms with Crippen LogP contribution < -0.4 is 10.0 Å². The van der Waals surface area contributed by atoms with E-state index in [0.717, 1.165) is 16.9 Å². The average Bonchev–Trinajstić information content (AvgIpc) is 3.03. The fourth-order valence-electron chi connectivity index (χ4n) is 2.07. The number of sulfonamides is 1. The number of aryl methyl sites for hydroxylation is 1. The number of benzene rings is 1. The monoisotopic (exact) mass is 386 g/mol. The molecule has 2 N–H and O–H groups in total. The van der Waals surface area contributed by atoms with E-state index in [2.05, 4.69) is 10.0 Å². The zero-order valence-electron chi connectivity index (χ0n) is 13.5. The largest absolute Gasteiger partial charge is 0.324 e. The molecule has 8 heteroatoms. The summed E-state index contributed by atoms with van der Waals surface area (Å²) in [5, 5.41) is 4.92. The molecule has 0 saturated heterocycles. The molecule has 0 fully saturated rings. The third-order valence-corrected chi connectivity index (χ3v) is 6.52. The first-order valence-electron chi connectivity index (χ1n) is 7.33. The van der Waals surface area contributed by atoms with E-state index in [4.69, 9.17) is 11.6 Å². The molecule has 2 rings (SSSR count). The first kappa shape index (κ1) is 18.9. The molecular weight excluding hydrogens is 368 g/mol. The normalized spacial score (nSPS) is 13.0. The quantitative estimate of drug-likeness (QED) is 0.795. The van der Waals surface area contributed by atoms with Crippen LogP contribution in [0.4, 0.5) is 5.69 Å². The molecule has 130 valence electrons. The highest BCUT2D eigenvalue weighted by Crippen LogP contribution is 2.22. The summed E-state index contributed by atoms with van der Waals surface area (Å²) in [4.78, 5) is 12.6. The van der Waals surface area contributed by atoms with Crippen LogP contribution in [0.25, 0.3) is 0 Å². The molecule has 24 heavy (non-hydrogen) atoms. The van der Waals surface area contributed by atoms with Crippen molar-refractivity contribution in [3.8, 4) is 0 Å². The molecule has 0 bridgehead atoms. The molecule has 0 radical (unpaired) electrons. The lowest BCUT2D eigenvalue weighted by Crippen LogP contribution is -2.46. The van der Waals surface area contributed by atoms with Gasteiger partial charge in [-0.25, -0.2) is 8.42 Å². The van der Waals surface area contributed by atoms with E-state index < -0.39 is 22.0 Å². The van der Waals surface area contributed by atoms with Gasteiger partial charge < -0.3 is 5.32 Å². The lowest BCUT2D eigenvalue weighted by molar-refractivity contribution is -0.118. The van der Waals surface area contributed by atoms with Gasteiger partial charge in [0.1, 0.15) is 10.3 Å². The summed E-state index contributed by atoms with van der Waals surface area (Å²) in [5.74, 6) is -0.644. The number of carbonyl (C=O) groups is 1. The van der Waals surface area contributed by atoms with Crippen molar-refractivity contribution >= 4 is 44.6 Å². The number of rotatable bonds is 6. The molecule has 0 aliphatic rings. The Balaban J connectivity index is 2.21. The molecule has 1 heterocycles. The predicted molar refractivity (Wildman–Crippen MR) is 98.1 cm³/mol. The summed E-state index contributed by atoms with van der Waals surface area (Å²) in [6.07, 6.45) is 0. The highest BCUT2D eigenvalue weighted by Gasteiger charge is 2.29. The molecule has 0 aliphatic heterocycles.